The van der Waals surface area contributed by atoms with E-state index in [0.717, 1.165) is 29.9 Å². The van der Waals surface area contributed by atoms with Gasteiger partial charge >= 0.3 is 0 Å². The average Bonchev–Trinajstić information content (AvgIpc) is 3.97. The van der Waals surface area contributed by atoms with Gasteiger partial charge in [-0.05, 0) is 144 Å². The van der Waals surface area contributed by atoms with Gasteiger partial charge in [-0.3, -0.25) is 0 Å². The van der Waals surface area contributed by atoms with Crippen LogP contribution in [0.25, 0.3) is 95.3 Å². The van der Waals surface area contributed by atoms with Gasteiger partial charge in [-0.25, -0.2) is 0 Å². The van der Waals surface area contributed by atoms with Crippen LogP contribution in [0, 0.1) is 0 Å². The van der Waals surface area contributed by atoms with Crippen molar-refractivity contribution >= 4 is 102 Å². The Kier molecular flexibility index (Phi) is 9.71. The molecule has 13 aromatic rings. The Hall–Kier alpha value is -7.82. The van der Waals surface area contributed by atoms with Gasteiger partial charge in [-0.2, -0.15) is 0 Å². The quantitative estimate of drug-likeness (QED) is 0.170. The summed E-state index contributed by atoms with van der Waals surface area (Å²) in [7, 11) is 0. The molecule has 0 amide bonds. The molecule has 0 unspecified atom stereocenters. The molecule has 0 aliphatic heterocycles. The average molecular weight is 944 g/mol. The molecule has 0 radical (unpaired) electrons. The second kappa shape index (κ2) is 16.4. The second-order valence-electron chi connectivity index (χ2n) is 20.4. The van der Waals surface area contributed by atoms with Crippen LogP contribution in [-0.4, -0.2) is 0 Å². The second-order valence-corrected chi connectivity index (χ2v) is 22.5. The van der Waals surface area contributed by atoms with Crippen LogP contribution in [0.3, 0.4) is 0 Å². The molecule has 338 valence electrons. The van der Waals surface area contributed by atoms with E-state index in [0.29, 0.717) is 0 Å². The first-order valence-electron chi connectivity index (χ1n) is 24.8. The standard InChI is InChI=1S/C68H49NS2/c1-68(2,3)49-29-34-64-61(39-49)56-32-31-51(41-65(56)70-64)69(62-33-28-42-15-6-11-22-54(42)66(62)58-25-14-24-57-55-23-12-13-26-63(55)71-67(57)58)50-30-27-47-36-45-18-7-9-20-52(45)53-21-10-8-19-46(53)37-48-35-43-16-4-5-17-44(43)38-59(48)60(47)40-50/h4-35,38-41H,36-37H2,1-3H3. The predicted molar refractivity (Wildman–Crippen MR) is 309 cm³/mol. The van der Waals surface area contributed by atoms with E-state index >= 15 is 0 Å². The van der Waals surface area contributed by atoms with Crippen molar-refractivity contribution in [3.63, 3.8) is 0 Å². The molecule has 2 aromatic heterocycles. The fraction of sp³-hybridized carbons (Fsp3) is 0.0882. The summed E-state index contributed by atoms with van der Waals surface area (Å²) in [5, 5.41) is 10.2. The van der Waals surface area contributed by atoms with E-state index in [1.165, 1.54) is 123 Å². The summed E-state index contributed by atoms with van der Waals surface area (Å²) in [6.07, 6.45) is 1.64. The highest BCUT2D eigenvalue weighted by atomic mass is 32.1. The first-order chi connectivity index (χ1) is 34.8. The van der Waals surface area contributed by atoms with E-state index in [1.54, 1.807) is 0 Å². The third-order valence-electron chi connectivity index (χ3n) is 15.1. The molecule has 0 saturated carbocycles. The van der Waals surface area contributed by atoms with Gasteiger partial charge < -0.3 is 4.90 Å². The van der Waals surface area contributed by atoms with E-state index in [1.807, 2.05) is 22.7 Å². The summed E-state index contributed by atoms with van der Waals surface area (Å²) in [6.45, 7) is 6.93. The maximum absolute atomic E-state index is 2.57. The van der Waals surface area contributed by atoms with Crippen molar-refractivity contribution in [3.8, 4) is 33.4 Å². The molecule has 0 atom stereocenters. The van der Waals surface area contributed by atoms with Crippen LogP contribution < -0.4 is 4.90 Å². The van der Waals surface area contributed by atoms with Crippen molar-refractivity contribution in [1.82, 2.24) is 0 Å². The Morgan fingerprint density at radius 3 is 1.75 bits per heavy atom. The molecule has 0 bridgehead atoms. The summed E-state index contributed by atoms with van der Waals surface area (Å²) in [5.41, 5.74) is 17.9. The first-order valence-corrected chi connectivity index (χ1v) is 26.4. The molecule has 0 N–H and O–H groups in total. The summed E-state index contributed by atoms with van der Waals surface area (Å²) in [4.78, 5) is 2.57. The number of hydrogen-bond donors (Lipinski definition) is 0. The lowest BCUT2D eigenvalue weighted by Crippen LogP contribution is -2.12. The molecule has 0 fully saturated rings. The van der Waals surface area contributed by atoms with Crippen molar-refractivity contribution in [3.05, 3.63) is 246 Å². The summed E-state index contributed by atoms with van der Waals surface area (Å²) in [6, 6.07) is 83.0. The van der Waals surface area contributed by atoms with E-state index < -0.39 is 0 Å². The maximum Gasteiger partial charge on any atom is 0.0547 e. The summed E-state index contributed by atoms with van der Waals surface area (Å²) < 4.78 is 5.22. The van der Waals surface area contributed by atoms with Crippen molar-refractivity contribution < 1.29 is 0 Å². The molecular weight excluding hydrogens is 895 g/mol. The fourth-order valence-corrected chi connectivity index (χ4v) is 13.9. The Morgan fingerprint density at radius 1 is 0.352 bits per heavy atom. The molecule has 11 aromatic carbocycles. The van der Waals surface area contributed by atoms with Gasteiger partial charge in [0.25, 0.3) is 0 Å². The zero-order valence-electron chi connectivity index (χ0n) is 40.0. The lowest BCUT2D eigenvalue weighted by molar-refractivity contribution is 0.591. The zero-order valence-corrected chi connectivity index (χ0v) is 41.6. The molecule has 1 nitrogen and oxygen atoms in total. The van der Waals surface area contributed by atoms with Gasteiger partial charge in [0.1, 0.15) is 0 Å². The minimum atomic E-state index is 0.0573. The highest BCUT2D eigenvalue weighted by Crippen LogP contribution is 2.51. The number of anilines is 3. The molecule has 1 aliphatic carbocycles. The molecule has 14 rings (SSSR count). The SMILES string of the molecule is CC(C)(C)c1ccc2sc3cc(N(c4ccc5c(c4)-c4cc6ccccc6cc4Cc4ccccc4-c4ccccc4C5)c4ccc5ccccc5c4-c4cccc5c4sc4ccccc45)ccc3c2c1. The first kappa shape index (κ1) is 42.1. The van der Waals surface area contributed by atoms with Gasteiger partial charge in [-0.1, -0.05) is 185 Å². The monoisotopic (exact) mass is 943 g/mol. The number of thiophene rings is 2. The lowest BCUT2D eigenvalue weighted by atomic mass is 9.83. The van der Waals surface area contributed by atoms with E-state index in [-0.39, 0.29) is 5.41 Å². The number of hydrogen-bond acceptors (Lipinski definition) is 3. The zero-order chi connectivity index (χ0) is 47.4. The number of benzene rings is 11. The van der Waals surface area contributed by atoms with E-state index in [4.69, 9.17) is 0 Å². The van der Waals surface area contributed by atoms with Crippen LogP contribution in [0.5, 0.6) is 0 Å². The van der Waals surface area contributed by atoms with Crippen molar-refractivity contribution in [1.29, 1.82) is 0 Å². The smallest absolute Gasteiger partial charge is 0.0547 e. The Balaban J connectivity index is 1.06. The van der Waals surface area contributed by atoms with Crippen LogP contribution in [0.2, 0.25) is 0 Å². The van der Waals surface area contributed by atoms with Crippen LogP contribution in [0.4, 0.5) is 17.1 Å². The van der Waals surface area contributed by atoms with Gasteiger partial charge in [0.2, 0.25) is 0 Å². The fourth-order valence-electron chi connectivity index (χ4n) is 11.5. The molecule has 2 heterocycles. The van der Waals surface area contributed by atoms with Gasteiger partial charge in [-0.15, -0.1) is 22.7 Å². The maximum atomic E-state index is 2.57. The van der Waals surface area contributed by atoms with Crippen molar-refractivity contribution in [2.45, 2.75) is 39.0 Å². The van der Waals surface area contributed by atoms with Gasteiger partial charge in [0.15, 0.2) is 0 Å². The third-order valence-corrected chi connectivity index (χ3v) is 17.5. The highest BCUT2D eigenvalue weighted by molar-refractivity contribution is 7.26. The van der Waals surface area contributed by atoms with Crippen LogP contribution in [0.1, 0.15) is 48.6 Å². The molecule has 71 heavy (non-hydrogen) atoms. The molecule has 3 heteroatoms. The highest BCUT2D eigenvalue weighted by Gasteiger charge is 2.26. The molecule has 0 spiro atoms. The molecule has 0 saturated heterocycles. The molecule has 1 aliphatic rings. The Morgan fingerprint density at radius 2 is 0.944 bits per heavy atom. The number of nitrogens with zero attached hydrogens (tertiary/aromatic N) is 1. The number of fused-ring (bicyclic) bond motifs is 14. The lowest BCUT2D eigenvalue weighted by Gasteiger charge is -2.30. The Bertz CT molecular complexity index is 4290. The predicted octanol–water partition coefficient (Wildman–Crippen LogP) is 20.0. The van der Waals surface area contributed by atoms with Crippen LogP contribution in [-0.2, 0) is 18.3 Å². The summed E-state index contributed by atoms with van der Waals surface area (Å²) >= 11 is 3.80. The van der Waals surface area contributed by atoms with Crippen LogP contribution >= 0.6 is 22.7 Å². The van der Waals surface area contributed by atoms with Gasteiger partial charge in [0.05, 0.1) is 5.69 Å². The third kappa shape index (κ3) is 7.01. The van der Waals surface area contributed by atoms with E-state index in [2.05, 4.69) is 244 Å². The minimum absolute atomic E-state index is 0.0573. The molecular formula is C68H49NS2. The largest absolute Gasteiger partial charge is 0.310 e. The number of rotatable bonds is 4. The summed E-state index contributed by atoms with van der Waals surface area (Å²) in [5.74, 6) is 0. The van der Waals surface area contributed by atoms with Crippen molar-refractivity contribution in [2.75, 3.05) is 4.90 Å². The Labute approximate surface area is 422 Å². The van der Waals surface area contributed by atoms with Gasteiger partial charge in [0, 0.05) is 62.8 Å². The van der Waals surface area contributed by atoms with Crippen LogP contribution in [0.15, 0.2) is 218 Å². The van der Waals surface area contributed by atoms with E-state index in [9.17, 15) is 0 Å². The topological polar surface area (TPSA) is 3.24 Å². The van der Waals surface area contributed by atoms with Crippen molar-refractivity contribution in [2.24, 2.45) is 0 Å². The minimum Gasteiger partial charge on any atom is -0.310 e. The normalized spacial score (nSPS) is 12.6.